The molecule has 0 amide bonds. The number of rotatable bonds is 5. The second-order valence-corrected chi connectivity index (χ2v) is 8.29. The Kier molecular flexibility index (Phi) is 4.74. The van der Waals surface area contributed by atoms with Gasteiger partial charge in [-0.05, 0) is 24.3 Å². The zero-order valence-electron chi connectivity index (χ0n) is 13.6. The number of carbonyl (C=O) groups is 2. The molecule has 130 valence electrons. The lowest BCUT2D eigenvalue weighted by Gasteiger charge is -2.23. The van der Waals surface area contributed by atoms with E-state index in [-0.39, 0.29) is 21.7 Å². The third-order valence-corrected chi connectivity index (χ3v) is 7.23. The zero-order chi connectivity index (χ0) is 18.7. The van der Waals surface area contributed by atoms with Gasteiger partial charge in [-0.15, -0.1) is 0 Å². The minimum Gasteiger partial charge on any atom is -0.478 e. The zero-order valence-corrected chi connectivity index (χ0v) is 14.5. The van der Waals surface area contributed by atoms with Crippen molar-refractivity contribution in [2.24, 2.45) is 0 Å². The summed E-state index contributed by atoms with van der Waals surface area (Å²) in [6.07, 6.45) is 0. The molecule has 26 heavy (non-hydrogen) atoms. The maximum Gasteiger partial charge on any atom is 0.336 e. The van der Waals surface area contributed by atoms with Gasteiger partial charge in [0.15, 0.2) is 7.14 Å². The van der Waals surface area contributed by atoms with Crippen LogP contribution in [-0.2, 0) is 4.57 Å². The first-order valence-electron chi connectivity index (χ1n) is 7.77. The van der Waals surface area contributed by atoms with Crippen molar-refractivity contribution in [1.82, 2.24) is 0 Å². The van der Waals surface area contributed by atoms with Crippen LogP contribution in [0, 0.1) is 0 Å². The maximum atomic E-state index is 14.3. The van der Waals surface area contributed by atoms with Crippen molar-refractivity contribution in [2.45, 2.75) is 0 Å². The lowest BCUT2D eigenvalue weighted by atomic mass is 10.2. The molecular formula is C20H15O5P. The van der Waals surface area contributed by atoms with E-state index >= 15 is 0 Å². The van der Waals surface area contributed by atoms with Crippen LogP contribution < -0.4 is 15.9 Å². The molecule has 3 rings (SSSR count). The lowest BCUT2D eigenvalue weighted by molar-refractivity contribution is 0.0688. The van der Waals surface area contributed by atoms with Crippen molar-refractivity contribution in [3.05, 3.63) is 90.0 Å². The predicted molar refractivity (Wildman–Crippen MR) is 99.8 cm³/mol. The van der Waals surface area contributed by atoms with Gasteiger partial charge in [-0.2, -0.15) is 0 Å². The van der Waals surface area contributed by atoms with Crippen LogP contribution in [0.4, 0.5) is 0 Å². The Balaban J connectivity index is 2.44. The van der Waals surface area contributed by atoms with Crippen LogP contribution in [0.2, 0.25) is 0 Å². The summed E-state index contributed by atoms with van der Waals surface area (Å²) in [6, 6.07) is 20.4. The number of benzene rings is 3. The average Bonchev–Trinajstić information content (AvgIpc) is 2.68. The van der Waals surface area contributed by atoms with E-state index in [1.54, 1.807) is 54.6 Å². The summed E-state index contributed by atoms with van der Waals surface area (Å²) < 4.78 is 14.3. The Morgan fingerprint density at radius 3 is 1.42 bits per heavy atom. The average molecular weight is 366 g/mol. The molecule has 0 saturated heterocycles. The van der Waals surface area contributed by atoms with Crippen molar-refractivity contribution >= 4 is 35.0 Å². The van der Waals surface area contributed by atoms with Gasteiger partial charge in [-0.25, -0.2) is 9.59 Å². The molecule has 0 heterocycles. The standard InChI is InChI=1S/C20H15O5P/c21-19(22)15-10-4-6-12-17(15)26(25,14-8-2-1-3-9-14)18-13-7-5-11-16(18)20(23)24/h1-13H,(H,21,22)(H,23,24). The van der Waals surface area contributed by atoms with Crippen molar-refractivity contribution in [1.29, 1.82) is 0 Å². The number of carboxylic acid groups (broad SMARTS) is 2. The van der Waals surface area contributed by atoms with Gasteiger partial charge in [0.25, 0.3) is 0 Å². The summed E-state index contributed by atoms with van der Waals surface area (Å²) in [5.41, 5.74) is -0.222. The molecule has 0 spiro atoms. The fraction of sp³-hybridized carbons (Fsp3) is 0. The highest BCUT2D eigenvalue weighted by atomic mass is 31.2. The number of carboxylic acids is 2. The molecule has 2 N–H and O–H groups in total. The Morgan fingerprint density at radius 2 is 1.00 bits per heavy atom. The largest absolute Gasteiger partial charge is 0.478 e. The molecule has 3 aromatic rings. The fourth-order valence-corrected chi connectivity index (χ4v) is 5.92. The summed E-state index contributed by atoms with van der Waals surface area (Å²) in [5, 5.41) is 19.7. The van der Waals surface area contributed by atoms with E-state index in [2.05, 4.69) is 0 Å². The smallest absolute Gasteiger partial charge is 0.336 e. The number of hydrogen-bond donors (Lipinski definition) is 2. The molecule has 0 aliphatic carbocycles. The maximum absolute atomic E-state index is 14.3. The van der Waals surface area contributed by atoms with Gasteiger partial charge >= 0.3 is 11.9 Å². The molecule has 0 bridgehead atoms. The highest BCUT2D eigenvalue weighted by molar-refractivity contribution is 7.85. The first kappa shape index (κ1) is 17.6. The second kappa shape index (κ2) is 6.98. The van der Waals surface area contributed by atoms with Gasteiger partial charge in [-0.1, -0.05) is 54.6 Å². The topological polar surface area (TPSA) is 91.7 Å². The van der Waals surface area contributed by atoms with Crippen LogP contribution in [0.3, 0.4) is 0 Å². The van der Waals surface area contributed by atoms with E-state index in [1.807, 2.05) is 0 Å². The molecule has 0 atom stereocenters. The molecule has 0 aliphatic rings. The molecule has 5 nitrogen and oxygen atoms in total. The van der Waals surface area contributed by atoms with Gasteiger partial charge in [0.1, 0.15) is 0 Å². The van der Waals surface area contributed by atoms with E-state index in [1.165, 1.54) is 24.3 Å². The molecule has 0 aromatic heterocycles. The SMILES string of the molecule is O=C(O)c1ccccc1P(=O)(c1ccccc1)c1ccccc1C(=O)O. The molecule has 0 saturated carbocycles. The van der Waals surface area contributed by atoms with Gasteiger partial charge in [0.05, 0.1) is 11.1 Å². The molecule has 6 heteroatoms. The van der Waals surface area contributed by atoms with Crippen LogP contribution >= 0.6 is 7.14 Å². The van der Waals surface area contributed by atoms with Gasteiger partial charge in [-0.3, -0.25) is 0 Å². The summed E-state index contributed by atoms with van der Waals surface area (Å²) >= 11 is 0. The van der Waals surface area contributed by atoms with E-state index < -0.39 is 19.1 Å². The summed E-state index contributed by atoms with van der Waals surface area (Å²) in [7, 11) is -3.72. The molecule has 0 unspecified atom stereocenters. The summed E-state index contributed by atoms with van der Waals surface area (Å²) in [6.45, 7) is 0. The third-order valence-electron chi connectivity index (χ3n) is 4.07. The van der Waals surface area contributed by atoms with Crippen molar-refractivity contribution in [2.75, 3.05) is 0 Å². The third kappa shape index (κ3) is 2.93. The van der Waals surface area contributed by atoms with Crippen molar-refractivity contribution < 1.29 is 24.4 Å². The molecule has 3 aromatic carbocycles. The minimum absolute atomic E-state index is 0.104. The van der Waals surface area contributed by atoms with Crippen LogP contribution in [0.25, 0.3) is 0 Å². The van der Waals surface area contributed by atoms with Gasteiger partial charge < -0.3 is 14.8 Å². The normalized spacial score (nSPS) is 11.1. The molecule has 0 aliphatic heterocycles. The molecular weight excluding hydrogens is 351 g/mol. The molecule has 0 fully saturated rings. The Bertz CT molecular complexity index is 966. The van der Waals surface area contributed by atoms with Crippen LogP contribution in [0.5, 0.6) is 0 Å². The van der Waals surface area contributed by atoms with Crippen LogP contribution in [-0.4, -0.2) is 22.2 Å². The Morgan fingerprint density at radius 1 is 0.615 bits per heavy atom. The van der Waals surface area contributed by atoms with Gasteiger partial charge in [0, 0.05) is 15.9 Å². The first-order valence-corrected chi connectivity index (χ1v) is 9.48. The quantitative estimate of drug-likeness (QED) is 0.678. The van der Waals surface area contributed by atoms with E-state index in [9.17, 15) is 24.4 Å². The highest BCUT2D eigenvalue weighted by Crippen LogP contribution is 2.44. The first-order chi connectivity index (χ1) is 12.5. The number of aromatic carboxylic acids is 2. The Labute approximate surface area is 149 Å². The molecule has 0 radical (unpaired) electrons. The summed E-state index contributed by atoms with van der Waals surface area (Å²) in [4.78, 5) is 23.4. The Hall–Kier alpha value is -3.17. The van der Waals surface area contributed by atoms with E-state index in [0.29, 0.717) is 5.30 Å². The van der Waals surface area contributed by atoms with E-state index in [0.717, 1.165) is 0 Å². The fourth-order valence-electron chi connectivity index (χ4n) is 2.90. The lowest BCUT2D eigenvalue weighted by Crippen LogP contribution is -2.31. The highest BCUT2D eigenvalue weighted by Gasteiger charge is 2.36. The van der Waals surface area contributed by atoms with Crippen molar-refractivity contribution in [3.63, 3.8) is 0 Å². The van der Waals surface area contributed by atoms with Gasteiger partial charge in [0.2, 0.25) is 0 Å². The van der Waals surface area contributed by atoms with E-state index in [4.69, 9.17) is 0 Å². The van der Waals surface area contributed by atoms with Crippen LogP contribution in [0.1, 0.15) is 20.7 Å². The van der Waals surface area contributed by atoms with Crippen LogP contribution in [0.15, 0.2) is 78.9 Å². The van der Waals surface area contributed by atoms with Crippen molar-refractivity contribution in [3.8, 4) is 0 Å². The number of hydrogen-bond acceptors (Lipinski definition) is 3. The summed E-state index contributed by atoms with van der Waals surface area (Å²) in [5.74, 6) is -2.44. The minimum atomic E-state index is -3.72. The monoisotopic (exact) mass is 366 g/mol. The predicted octanol–water partition coefficient (Wildman–Crippen LogP) is 2.72. The second-order valence-electron chi connectivity index (χ2n) is 5.59.